The van der Waals surface area contributed by atoms with Crippen molar-refractivity contribution in [3.63, 3.8) is 0 Å². The maximum atomic E-state index is 5.67. The number of rotatable bonds is 2. The number of methoxy groups -OCH3 is 1. The molecular formula is C11H12Br2O2. The second-order valence-electron chi connectivity index (χ2n) is 3.45. The minimum atomic E-state index is 0.163. The molecule has 2 nitrogen and oxygen atoms in total. The second kappa shape index (κ2) is 4.85. The first-order valence-corrected chi connectivity index (χ1v) is 6.71. The van der Waals surface area contributed by atoms with E-state index in [0.29, 0.717) is 0 Å². The van der Waals surface area contributed by atoms with Gasteiger partial charge in [0.1, 0.15) is 5.75 Å². The maximum absolute atomic E-state index is 5.67. The minimum Gasteiger partial charge on any atom is -0.496 e. The van der Waals surface area contributed by atoms with Crippen molar-refractivity contribution in [3.05, 3.63) is 27.7 Å². The van der Waals surface area contributed by atoms with Gasteiger partial charge in [-0.25, -0.2) is 0 Å². The van der Waals surface area contributed by atoms with E-state index in [4.69, 9.17) is 9.47 Å². The largest absolute Gasteiger partial charge is 0.496 e. The average molecular weight is 336 g/mol. The van der Waals surface area contributed by atoms with E-state index < -0.39 is 0 Å². The smallest absolute Gasteiger partial charge is 0.133 e. The molecule has 0 spiro atoms. The summed E-state index contributed by atoms with van der Waals surface area (Å²) < 4.78 is 11.9. The molecule has 2 rings (SSSR count). The van der Waals surface area contributed by atoms with Crippen molar-refractivity contribution < 1.29 is 9.47 Å². The fraction of sp³-hybridized carbons (Fsp3) is 0.455. The Kier molecular flexibility index (Phi) is 3.69. The molecule has 0 amide bonds. The van der Waals surface area contributed by atoms with Crippen LogP contribution in [0.4, 0.5) is 0 Å². The first-order chi connectivity index (χ1) is 7.26. The molecule has 0 N–H and O–H groups in total. The summed E-state index contributed by atoms with van der Waals surface area (Å²) in [6.45, 7) is 0.786. The predicted molar refractivity (Wildman–Crippen MR) is 66.9 cm³/mol. The fourth-order valence-electron chi connectivity index (χ4n) is 1.81. The Morgan fingerprint density at radius 2 is 2.33 bits per heavy atom. The van der Waals surface area contributed by atoms with E-state index in [1.807, 2.05) is 0 Å². The van der Waals surface area contributed by atoms with Crippen LogP contribution in [0, 0.1) is 0 Å². The Bertz CT molecular complexity index is 366. The zero-order valence-corrected chi connectivity index (χ0v) is 11.6. The SMILES string of the molecule is COc1cc2c(cc1Br)C(CBr)OCC2. The van der Waals surface area contributed by atoms with Crippen molar-refractivity contribution in [1.29, 1.82) is 0 Å². The van der Waals surface area contributed by atoms with E-state index in [9.17, 15) is 0 Å². The van der Waals surface area contributed by atoms with Crippen molar-refractivity contribution in [2.24, 2.45) is 0 Å². The van der Waals surface area contributed by atoms with Crippen LogP contribution in [0.3, 0.4) is 0 Å². The van der Waals surface area contributed by atoms with Crippen LogP contribution in [0.2, 0.25) is 0 Å². The highest BCUT2D eigenvalue weighted by Gasteiger charge is 2.21. The molecule has 1 aliphatic rings. The Balaban J connectivity index is 2.45. The van der Waals surface area contributed by atoms with Gasteiger partial charge in [-0.1, -0.05) is 15.9 Å². The van der Waals surface area contributed by atoms with E-state index in [2.05, 4.69) is 44.0 Å². The molecule has 1 unspecified atom stereocenters. The number of hydrogen-bond acceptors (Lipinski definition) is 2. The van der Waals surface area contributed by atoms with Crippen molar-refractivity contribution in [1.82, 2.24) is 0 Å². The van der Waals surface area contributed by atoms with Crippen LogP contribution in [-0.2, 0) is 11.2 Å². The van der Waals surface area contributed by atoms with Crippen LogP contribution in [-0.4, -0.2) is 19.0 Å². The first-order valence-electron chi connectivity index (χ1n) is 4.80. The lowest BCUT2D eigenvalue weighted by molar-refractivity contribution is 0.0594. The average Bonchev–Trinajstić information content (AvgIpc) is 2.27. The van der Waals surface area contributed by atoms with Crippen LogP contribution < -0.4 is 4.74 Å². The number of ether oxygens (including phenoxy) is 2. The van der Waals surface area contributed by atoms with Crippen LogP contribution in [0.15, 0.2) is 16.6 Å². The summed E-state index contributed by atoms with van der Waals surface area (Å²) in [5.74, 6) is 0.893. The Hall–Kier alpha value is -0.0600. The number of hydrogen-bond donors (Lipinski definition) is 0. The van der Waals surface area contributed by atoms with Gasteiger partial charge >= 0.3 is 0 Å². The monoisotopic (exact) mass is 334 g/mol. The highest BCUT2D eigenvalue weighted by Crippen LogP contribution is 2.35. The van der Waals surface area contributed by atoms with Crippen molar-refractivity contribution in [2.45, 2.75) is 12.5 Å². The van der Waals surface area contributed by atoms with Gasteiger partial charge in [0.15, 0.2) is 0 Å². The van der Waals surface area contributed by atoms with Crippen LogP contribution >= 0.6 is 31.9 Å². The van der Waals surface area contributed by atoms with Gasteiger partial charge < -0.3 is 9.47 Å². The first kappa shape index (κ1) is 11.4. The molecule has 0 saturated heterocycles. The lowest BCUT2D eigenvalue weighted by Crippen LogP contribution is -2.17. The summed E-state index contributed by atoms with van der Waals surface area (Å²) in [7, 11) is 1.69. The van der Waals surface area contributed by atoms with Crippen LogP contribution in [0.25, 0.3) is 0 Å². The second-order valence-corrected chi connectivity index (χ2v) is 4.95. The summed E-state index contributed by atoms with van der Waals surface area (Å²) >= 11 is 6.97. The molecule has 1 heterocycles. The van der Waals surface area contributed by atoms with Gasteiger partial charge in [0.25, 0.3) is 0 Å². The number of benzene rings is 1. The van der Waals surface area contributed by atoms with Gasteiger partial charge in [-0.2, -0.15) is 0 Å². The van der Waals surface area contributed by atoms with Crippen molar-refractivity contribution in [2.75, 3.05) is 19.0 Å². The third-order valence-electron chi connectivity index (χ3n) is 2.59. The van der Waals surface area contributed by atoms with Gasteiger partial charge in [-0.05, 0) is 45.6 Å². The molecule has 15 heavy (non-hydrogen) atoms. The van der Waals surface area contributed by atoms with E-state index >= 15 is 0 Å². The summed E-state index contributed by atoms with van der Waals surface area (Å²) in [5, 5.41) is 0.832. The van der Waals surface area contributed by atoms with E-state index in [-0.39, 0.29) is 6.10 Å². The molecule has 1 atom stereocenters. The normalized spacial score (nSPS) is 19.8. The van der Waals surface area contributed by atoms with Crippen molar-refractivity contribution >= 4 is 31.9 Å². The molecule has 0 bridgehead atoms. The summed E-state index contributed by atoms with van der Waals surface area (Å²) in [4.78, 5) is 0. The maximum Gasteiger partial charge on any atom is 0.133 e. The molecule has 82 valence electrons. The Morgan fingerprint density at radius 3 is 3.00 bits per heavy atom. The number of halogens is 2. The molecule has 0 aromatic heterocycles. The molecular weight excluding hydrogens is 324 g/mol. The topological polar surface area (TPSA) is 18.5 Å². The number of fused-ring (bicyclic) bond motifs is 1. The minimum absolute atomic E-state index is 0.163. The Morgan fingerprint density at radius 1 is 1.53 bits per heavy atom. The molecule has 0 fully saturated rings. The highest BCUT2D eigenvalue weighted by molar-refractivity contribution is 9.10. The molecule has 0 aliphatic carbocycles. The quantitative estimate of drug-likeness (QED) is 0.770. The zero-order valence-electron chi connectivity index (χ0n) is 8.43. The van der Waals surface area contributed by atoms with Crippen LogP contribution in [0.5, 0.6) is 5.75 Å². The lowest BCUT2D eigenvalue weighted by atomic mass is 9.98. The predicted octanol–water partition coefficient (Wildman–Crippen LogP) is 3.47. The third-order valence-corrected chi connectivity index (χ3v) is 3.80. The van der Waals surface area contributed by atoms with Gasteiger partial charge in [-0.15, -0.1) is 0 Å². The summed E-state index contributed by atoms with van der Waals surface area (Å²) in [5.41, 5.74) is 2.58. The van der Waals surface area contributed by atoms with E-state index in [0.717, 1.165) is 28.6 Å². The molecule has 0 saturated carbocycles. The fourth-order valence-corrected chi connectivity index (χ4v) is 2.87. The summed E-state index contributed by atoms with van der Waals surface area (Å²) in [6.07, 6.45) is 1.12. The third kappa shape index (κ3) is 2.22. The Labute approximate surface area is 106 Å². The standard InChI is InChI=1S/C11H12Br2O2/c1-14-10-4-7-2-3-15-11(6-12)8(7)5-9(10)13/h4-5,11H,2-3,6H2,1H3. The molecule has 0 radical (unpaired) electrons. The molecule has 1 aliphatic heterocycles. The van der Waals surface area contributed by atoms with E-state index in [1.54, 1.807) is 7.11 Å². The van der Waals surface area contributed by atoms with E-state index in [1.165, 1.54) is 11.1 Å². The van der Waals surface area contributed by atoms with Gasteiger partial charge in [0.05, 0.1) is 24.3 Å². The molecule has 4 heteroatoms. The highest BCUT2D eigenvalue weighted by atomic mass is 79.9. The zero-order chi connectivity index (χ0) is 10.8. The molecule has 1 aromatic carbocycles. The lowest BCUT2D eigenvalue weighted by Gasteiger charge is -2.25. The van der Waals surface area contributed by atoms with Gasteiger partial charge in [0, 0.05) is 5.33 Å². The van der Waals surface area contributed by atoms with Gasteiger partial charge in [0.2, 0.25) is 0 Å². The number of alkyl halides is 1. The molecule has 1 aromatic rings. The van der Waals surface area contributed by atoms with Crippen molar-refractivity contribution in [3.8, 4) is 5.75 Å². The van der Waals surface area contributed by atoms with Gasteiger partial charge in [-0.3, -0.25) is 0 Å². The summed E-state index contributed by atoms with van der Waals surface area (Å²) in [6, 6.07) is 4.19. The van der Waals surface area contributed by atoms with Crippen LogP contribution in [0.1, 0.15) is 17.2 Å².